The number of hydrogen-bond donors (Lipinski definition) is 0. The number of benzene rings is 2. The molecule has 4 heteroatoms. The molecule has 0 fully saturated rings. The number of nitrogens with zero attached hydrogens (tertiary/aromatic N) is 2. The van der Waals surface area contributed by atoms with Crippen LogP contribution in [0.25, 0.3) is 10.6 Å². The van der Waals surface area contributed by atoms with Gasteiger partial charge < -0.3 is 4.90 Å². The molecule has 0 spiro atoms. The summed E-state index contributed by atoms with van der Waals surface area (Å²) in [4.78, 5) is 19.4. The van der Waals surface area contributed by atoms with Gasteiger partial charge in [-0.2, -0.15) is 0 Å². The van der Waals surface area contributed by atoms with E-state index in [0.29, 0.717) is 5.69 Å². The van der Waals surface area contributed by atoms with Crippen LogP contribution in [-0.4, -0.2) is 16.9 Å². The van der Waals surface area contributed by atoms with Crippen LogP contribution in [0.2, 0.25) is 0 Å². The van der Waals surface area contributed by atoms with Crippen LogP contribution in [0.3, 0.4) is 0 Å². The maximum absolute atomic E-state index is 12.9. The average Bonchev–Trinajstić information content (AvgIpc) is 3.19. The van der Waals surface area contributed by atoms with Gasteiger partial charge in [0.2, 0.25) is 0 Å². The van der Waals surface area contributed by atoms with E-state index >= 15 is 0 Å². The molecule has 0 aliphatic carbocycles. The van der Waals surface area contributed by atoms with Gasteiger partial charge in [0.05, 0.1) is 0 Å². The number of hydrogen-bond acceptors (Lipinski definition) is 3. The zero-order valence-electron chi connectivity index (χ0n) is 12.8. The Bertz CT molecular complexity index is 857. The Labute approximate surface area is 139 Å². The average molecular weight is 320 g/mol. The van der Waals surface area contributed by atoms with Gasteiger partial charge in [-0.3, -0.25) is 4.79 Å². The molecule has 114 valence electrons. The molecule has 23 heavy (non-hydrogen) atoms. The number of aromatic nitrogens is 1. The summed E-state index contributed by atoms with van der Waals surface area (Å²) in [5.41, 5.74) is 3.81. The molecule has 0 saturated carbocycles. The van der Waals surface area contributed by atoms with Crippen molar-refractivity contribution in [3.63, 3.8) is 0 Å². The second kappa shape index (κ2) is 5.63. The molecule has 0 radical (unpaired) electrons. The van der Waals surface area contributed by atoms with Crippen molar-refractivity contribution in [3.05, 3.63) is 71.2 Å². The third kappa shape index (κ3) is 2.45. The van der Waals surface area contributed by atoms with E-state index in [9.17, 15) is 4.79 Å². The number of carbonyl (C=O) groups is 1. The number of fused-ring (bicyclic) bond motifs is 1. The molecule has 1 aromatic heterocycles. The van der Waals surface area contributed by atoms with Gasteiger partial charge in [-0.1, -0.05) is 48.5 Å². The van der Waals surface area contributed by atoms with E-state index in [1.54, 1.807) is 0 Å². The maximum Gasteiger partial charge on any atom is 0.278 e. The van der Waals surface area contributed by atoms with Crippen molar-refractivity contribution in [2.24, 2.45) is 0 Å². The van der Waals surface area contributed by atoms with Crippen LogP contribution in [-0.2, 0) is 6.42 Å². The fourth-order valence-electron chi connectivity index (χ4n) is 3.08. The van der Waals surface area contributed by atoms with Gasteiger partial charge >= 0.3 is 0 Å². The predicted molar refractivity (Wildman–Crippen MR) is 94.0 cm³/mol. The third-order valence-corrected chi connectivity index (χ3v) is 5.06. The summed E-state index contributed by atoms with van der Waals surface area (Å²) in [6, 6.07) is 18.3. The smallest absolute Gasteiger partial charge is 0.278 e. The molecule has 0 N–H and O–H groups in total. The van der Waals surface area contributed by atoms with Crippen molar-refractivity contribution >= 4 is 22.9 Å². The predicted octanol–water partition coefficient (Wildman–Crippen LogP) is 4.40. The number of carbonyl (C=O) groups excluding carboxylic acids is 1. The Balaban J connectivity index is 1.67. The summed E-state index contributed by atoms with van der Waals surface area (Å²) in [5, 5.41) is 2.74. The molecular formula is C19H16N2OS. The third-order valence-electron chi connectivity index (χ3n) is 4.17. The maximum atomic E-state index is 12.9. The van der Waals surface area contributed by atoms with E-state index in [1.807, 2.05) is 58.8 Å². The lowest BCUT2D eigenvalue weighted by Gasteiger charge is -2.21. The molecule has 2 heterocycles. The topological polar surface area (TPSA) is 33.2 Å². The van der Waals surface area contributed by atoms with Gasteiger partial charge in [0.25, 0.3) is 5.91 Å². The highest BCUT2D eigenvalue weighted by atomic mass is 32.1. The summed E-state index contributed by atoms with van der Waals surface area (Å²) in [7, 11) is 0. The van der Waals surface area contributed by atoms with E-state index in [-0.39, 0.29) is 11.9 Å². The summed E-state index contributed by atoms with van der Waals surface area (Å²) in [5.74, 6) is -0.0131. The molecule has 0 bridgehead atoms. The SMILES string of the molecule is CC1Cc2ccccc2N1C(=O)c1csc(-c2ccccc2)n1. The Kier molecular flexibility index (Phi) is 3.46. The monoisotopic (exact) mass is 320 g/mol. The molecule has 4 rings (SSSR count). The zero-order valence-corrected chi connectivity index (χ0v) is 13.6. The largest absolute Gasteiger partial charge is 0.304 e. The van der Waals surface area contributed by atoms with Crippen molar-refractivity contribution < 1.29 is 4.79 Å². The second-order valence-corrected chi connectivity index (χ2v) is 6.62. The van der Waals surface area contributed by atoms with E-state index < -0.39 is 0 Å². The molecule has 1 unspecified atom stereocenters. The first kappa shape index (κ1) is 14.2. The number of rotatable bonds is 2. The van der Waals surface area contributed by atoms with Gasteiger partial charge in [0.1, 0.15) is 10.7 Å². The zero-order chi connectivity index (χ0) is 15.8. The fourth-order valence-corrected chi connectivity index (χ4v) is 3.88. The Hall–Kier alpha value is -2.46. The van der Waals surface area contributed by atoms with Crippen LogP contribution >= 0.6 is 11.3 Å². The highest BCUT2D eigenvalue weighted by Crippen LogP contribution is 2.33. The van der Waals surface area contributed by atoms with Crippen LogP contribution in [0.5, 0.6) is 0 Å². The molecule has 1 aliphatic rings. The quantitative estimate of drug-likeness (QED) is 0.701. The Morgan fingerprint density at radius 3 is 2.70 bits per heavy atom. The van der Waals surface area contributed by atoms with Crippen molar-refractivity contribution in [3.8, 4) is 10.6 Å². The first-order chi connectivity index (χ1) is 11.2. The lowest BCUT2D eigenvalue weighted by atomic mass is 10.1. The van der Waals surface area contributed by atoms with Gasteiger partial charge in [0.15, 0.2) is 0 Å². The second-order valence-electron chi connectivity index (χ2n) is 5.76. The number of amides is 1. The van der Waals surface area contributed by atoms with E-state index in [2.05, 4.69) is 18.0 Å². The summed E-state index contributed by atoms with van der Waals surface area (Å²) in [6.07, 6.45) is 0.900. The van der Waals surface area contributed by atoms with Crippen LogP contribution in [0, 0.1) is 0 Å². The first-order valence-electron chi connectivity index (χ1n) is 7.66. The first-order valence-corrected chi connectivity index (χ1v) is 8.54. The highest BCUT2D eigenvalue weighted by Gasteiger charge is 2.32. The summed E-state index contributed by atoms with van der Waals surface area (Å²) < 4.78 is 0. The van der Waals surface area contributed by atoms with Crippen molar-refractivity contribution in [2.75, 3.05) is 4.90 Å². The molecular weight excluding hydrogens is 304 g/mol. The van der Waals surface area contributed by atoms with Gasteiger partial charge in [-0.05, 0) is 25.0 Å². The number of thiazole rings is 1. The van der Waals surface area contributed by atoms with Crippen molar-refractivity contribution in [1.29, 1.82) is 0 Å². The molecule has 3 aromatic rings. The van der Waals surface area contributed by atoms with Crippen molar-refractivity contribution in [2.45, 2.75) is 19.4 Å². The fraction of sp³-hybridized carbons (Fsp3) is 0.158. The Morgan fingerprint density at radius 2 is 1.87 bits per heavy atom. The normalized spacial score (nSPS) is 16.4. The van der Waals surface area contributed by atoms with Crippen LogP contribution < -0.4 is 4.90 Å². The summed E-state index contributed by atoms with van der Waals surface area (Å²) in [6.45, 7) is 2.09. The Morgan fingerprint density at radius 1 is 1.13 bits per heavy atom. The van der Waals surface area contributed by atoms with E-state index in [1.165, 1.54) is 16.9 Å². The molecule has 1 aliphatic heterocycles. The van der Waals surface area contributed by atoms with Crippen LogP contribution in [0.4, 0.5) is 5.69 Å². The van der Waals surface area contributed by atoms with E-state index in [4.69, 9.17) is 0 Å². The van der Waals surface area contributed by atoms with Gasteiger partial charge in [0, 0.05) is 22.7 Å². The van der Waals surface area contributed by atoms with Crippen LogP contribution in [0.15, 0.2) is 60.0 Å². The molecule has 2 aromatic carbocycles. The molecule has 3 nitrogen and oxygen atoms in total. The lowest BCUT2D eigenvalue weighted by Crippen LogP contribution is -2.35. The minimum Gasteiger partial charge on any atom is -0.304 e. The minimum atomic E-state index is -0.0131. The molecule has 1 amide bonds. The molecule has 0 saturated heterocycles. The van der Waals surface area contributed by atoms with Gasteiger partial charge in [-0.25, -0.2) is 4.98 Å². The van der Waals surface area contributed by atoms with E-state index in [0.717, 1.165) is 22.7 Å². The highest BCUT2D eigenvalue weighted by molar-refractivity contribution is 7.13. The lowest BCUT2D eigenvalue weighted by molar-refractivity contribution is 0.0977. The van der Waals surface area contributed by atoms with Gasteiger partial charge in [-0.15, -0.1) is 11.3 Å². The number of anilines is 1. The van der Waals surface area contributed by atoms with Crippen molar-refractivity contribution in [1.82, 2.24) is 4.98 Å². The molecule has 1 atom stereocenters. The summed E-state index contributed by atoms with van der Waals surface area (Å²) >= 11 is 1.51. The standard InChI is InChI=1S/C19H16N2OS/c1-13-11-15-9-5-6-10-17(15)21(13)19(22)16-12-23-18(20-16)14-7-3-2-4-8-14/h2-10,12-13H,11H2,1H3. The van der Waals surface area contributed by atoms with Crippen LogP contribution in [0.1, 0.15) is 23.0 Å². The minimum absolute atomic E-state index is 0.0131. The number of para-hydroxylation sites is 1.